The summed E-state index contributed by atoms with van der Waals surface area (Å²) in [6.45, 7) is 15.3. The van der Waals surface area contributed by atoms with E-state index in [1.54, 1.807) is 6.92 Å². The number of carboxylic acid groups (broad SMARTS) is 1. The van der Waals surface area contributed by atoms with Crippen LogP contribution in [-0.4, -0.2) is 22.6 Å². The predicted molar refractivity (Wildman–Crippen MR) is 134 cm³/mol. The molecular formula is C30H44O4. The summed E-state index contributed by atoms with van der Waals surface area (Å²) in [4.78, 5) is 37.8. The van der Waals surface area contributed by atoms with E-state index in [0.717, 1.165) is 50.5 Å². The van der Waals surface area contributed by atoms with Gasteiger partial charge in [0.05, 0.1) is 0 Å². The summed E-state index contributed by atoms with van der Waals surface area (Å²) in [5.74, 6) is 0.923. The van der Waals surface area contributed by atoms with Crippen molar-refractivity contribution in [1.29, 1.82) is 0 Å². The molecule has 1 N–H and O–H groups in total. The Labute approximate surface area is 205 Å². The molecule has 0 aromatic carbocycles. The molecule has 0 radical (unpaired) electrons. The molecule has 4 aliphatic rings. The van der Waals surface area contributed by atoms with Gasteiger partial charge in [0.15, 0.2) is 5.78 Å². The molecule has 4 aliphatic carbocycles. The second-order valence-electron chi connectivity index (χ2n) is 13.2. The number of aliphatic carboxylic acids is 1. The number of hydrogen-bond acceptors (Lipinski definition) is 3. The van der Waals surface area contributed by atoms with Gasteiger partial charge in [0.1, 0.15) is 5.78 Å². The fourth-order valence-electron chi connectivity index (χ4n) is 8.97. The van der Waals surface area contributed by atoms with Crippen molar-refractivity contribution in [3.05, 3.63) is 22.8 Å². The third-order valence-electron chi connectivity index (χ3n) is 11.5. The second-order valence-corrected chi connectivity index (χ2v) is 13.2. The van der Waals surface area contributed by atoms with Crippen LogP contribution in [0.5, 0.6) is 0 Å². The molecule has 34 heavy (non-hydrogen) atoms. The van der Waals surface area contributed by atoms with Crippen LogP contribution in [0.2, 0.25) is 0 Å². The average molecular weight is 469 g/mol. The minimum atomic E-state index is -0.838. The lowest BCUT2D eigenvalue weighted by Gasteiger charge is -2.60. The normalized spacial score (nSPS) is 40.5. The highest BCUT2D eigenvalue weighted by Crippen LogP contribution is 2.71. The first-order chi connectivity index (χ1) is 15.7. The van der Waals surface area contributed by atoms with Gasteiger partial charge in [-0.25, -0.2) is 4.79 Å². The van der Waals surface area contributed by atoms with E-state index >= 15 is 0 Å². The molecule has 2 fully saturated rings. The monoisotopic (exact) mass is 468 g/mol. The summed E-state index contributed by atoms with van der Waals surface area (Å²) in [5, 5.41) is 9.15. The SMILES string of the molecule is CC(=CCC[C@@H](C)[C@H]1CC[C@@]2(C)C3=C(CC[C@]12C)[C@@]1(C)CCC(=O)C(C)(C)[C@@H]1CC3=O)C(=O)O. The molecule has 0 amide bonds. The standard InChI is InChI=1S/C30H44O4/c1-18(9-8-10-19(2)26(33)34)20-11-16-30(7)25-21(12-15-29(20,30)6)28(5)14-13-24(32)27(3,4)23(28)17-22(25)31/h10,18,20,23H,8-9,11-17H2,1-7H3,(H,33,34)/t18-,20-,23+,28-,29-,30+/m1/s1. The fraction of sp³-hybridized carbons (Fsp3) is 0.767. The highest BCUT2D eigenvalue weighted by molar-refractivity contribution is 6.00. The quantitative estimate of drug-likeness (QED) is 0.444. The number of carbonyl (C=O) groups excluding carboxylic acids is 2. The van der Waals surface area contributed by atoms with E-state index < -0.39 is 11.4 Å². The molecule has 4 heteroatoms. The van der Waals surface area contributed by atoms with Gasteiger partial charge >= 0.3 is 5.97 Å². The van der Waals surface area contributed by atoms with Crippen LogP contribution in [0.15, 0.2) is 22.8 Å². The summed E-state index contributed by atoms with van der Waals surface area (Å²) in [6.07, 6.45) is 9.91. The Bertz CT molecular complexity index is 984. The van der Waals surface area contributed by atoms with Crippen LogP contribution in [0.4, 0.5) is 0 Å². The van der Waals surface area contributed by atoms with Crippen LogP contribution in [0.3, 0.4) is 0 Å². The van der Waals surface area contributed by atoms with E-state index in [1.807, 2.05) is 6.08 Å². The molecule has 2 saturated carbocycles. The van der Waals surface area contributed by atoms with Crippen LogP contribution in [0.25, 0.3) is 0 Å². The summed E-state index contributed by atoms with van der Waals surface area (Å²) < 4.78 is 0. The lowest BCUT2D eigenvalue weighted by atomic mass is 9.43. The maximum absolute atomic E-state index is 13.9. The number of carbonyl (C=O) groups is 3. The Hall–Kier alpha value is -1.71. The van der Waals surface area contributed by atoms with Crippen molar-refractivity contribution in [1.82, 2.24) is 0 Å². The summed E-state index contributed by atoms with van der Waals surface area (Å²) in [5.41, 5.74) is 2.44. The Morgan fingerprint density at radius 1 is 1.09 bits per heavy atom. The van der Waals surface area contributed by atoms with Gasteiger partial charge in [-0.05, 0) is 80.5 Å². The Balaban J connectivity index is 1.66. The van der Waals surface area contributed by atoms with Gasteiger partial charge in [-0.15, -0.1) is 0 Å². The van der Waals surface area contributed by atoms with Gasteiger partial charge in [0.2, 0.25) is 0 Å². The first kappa shape index (κ1) is 25.4. The largest absolute Gasteiger partial charge is 0.478 e. The van der Waals surface area contributed by atoms with Gasteiger partial charge in [-0.3, -0.25) is 9.59 Å². The first-order valence-electron chi connectivity index (χ1n) is 13.4. The molecule has 0 unspecified atom stereocenters. The van der Waals surface area contributed by atoms with Crippen LogP contribution in [0.1, 0.15) is 106 Å². The van der Waals surface area contributed by atoms with E-state index in [1.165, 1.54) is 5.57 Å². The minimum absolute atomic E-state index is 0.0478. The van der Waals surface area contributed by atoms with Crippen molar-refractivity contribution in [2.45, 2.75) is 106 Å². The number of ketones is 2. The van der Waals surface area contributed by atoms with Crippen LogP contribution < -0.4 is 0 Å². The molecule has 0 aliphatic heterocycles. The molecular weight excluding hydrogens is 424 g/mol. The van der Waals surface area contributed by atoms with Crippen molar-refractivity contribution >= 4 is 17.5 Å². The third-order valence-corrected chi connectivity index (χ3v) is 11.5. The van der Waals surface area contributed by atoms with E-state index in [0.29, 0.717) is 41.8 Å². The van der Waals surface area contributed by atoms with E-state index in [4.69, 9.17) is 5.11 Å². The minimum Gasteiger partial charge on any atom is -0.478 e. The summed E-state index contributed by atoms with van der Waals surface area (Å²) >= 11 is 0. The number of carboxylic acids is 1. The van der Waals surface area contributed by atoms with Crippen molar-refractivity contribution in [3.63, 3.8) is 0 Å². The van der Waals surface area contributed by atoms with Gasteiger partial charge in [-0.1, -0.05) is 53.2 Å². The lowest BCUT2D eigenvalue weighted by Crippen LogP contribution is -2.56. The summed E-state index contributed by atoms with van der Waals surface area (Å²) in [6, 6.07) is 0. The maximum Gasteiger partial charge on any atom is 0.330 e. The Morgan fingerprint density at radius 3 is 2.41 bits per heavy atom. The van der Waals surface area contributed by atoms with Gasteiger partial charge in [0, 0.05) is 34.8 Å². The molecule has 0 saturated heterocycles. The van der Waals surface area contributed by atoms with Crippen LogP contribution in [-0.2, 0) is 14.4 Å². The first-order valence-corrected chi connectivity index (χ1v) is 13.4. The zero-order valence-electron chi connectivity index (χ0n) is 22.3. The highest BCUT2D eigenvalue weighted by atomic mass is 16.4. The highest BCUT2D eigenvalue weighted by Gasteiger charge is 2.65. The number of allylic oxidation sites excluding steroid dienone is 3. The van der Waals surface area contributed by atoms with Crippen molar-refractivity contribution < 1.29 is 19.5 Å². The average Bonchev–Trinajstić information content (AvgIpc) is 3.04. The van der Waals surface area contributed by atoms with Gasteiger partial charge in [0.25, 0.3) is 0 Å². The third kappa shape index (κ3) is 3.41. The van der Waals surface area contributed by atoms with E-state index in [2.05, 4.69) is 41.5 Å². The molecule has 6 atom stereocenters. The summed E-state index contributed by atoms with van der Waals surface area (Å²) in [7, 11) is 0. The van der Waals surface area contributed by atoms with Crippen molar-refractivity contribution in [2.24, 2.45) is 39.4 Å². The van der Waals surface area contributed by atoms with Gasteiger partial charge in [-0.2, -0.15) is 0 Å². The maximum atomic E-state index is 13.9. The number of rotatable bonds is 5. The molecule has 0 spiro atoms. The van der Waals surface area contributed by atoms with Crippen LogP contribution in [0, 0.1) is 39.4 Å². The number of Topliss-reactive ketones (excluding diaryl/α,β-unsaturated/α-hetero) is 2. The lowest BCUT2D eigenvalue weighted by molar-refractivity contribution is -0.142. The zero-order chi connectivity index (χ0) is 25.3. The molecule has 0 aromatic rings. The molecule has 0 aromatic heterocycles. The Morgan fingerprint density at radius 2 is 1.76 bits per heavy atom. The topological polar surface area (TPSA) is 71.4 Å². The fourth-order valence-corrected chi connectivity index (χ4v) is 8.97. The smallest absolute Gasteiger partial charge is 0.330 e. The molecule has 0 bridgehead atoms. The molecule has 4 nitrogen and oxygen atoms in total. The van der Waals surface area contributed by atoms with Crippen LogP contribution >= 0.6 is 0 Å². The van der Waals surface area contributed by atoms with Gasteiger partial charge < -0.3 is 5.11 Å². The second kappa shape index (κ2) is 8.17. The molecule has 4 rings (SSSR count). The van der Waals surface area contributed by atoms with Crippen molar-refractivity contribution in [2.75, 3.05) is 0 Å². The number of hydrogen-bond donors (Lipinski definition) is 1. The van der Waals surface area contributed by atoms with Crippen molar-refractivity contribution in [3.8, 4) is 0 Å². The molecule has 0 heterocycles. The van der Waals surface area contributed by atoms with E-state index in [-0.39, 0.29) is 22.2 Å². The zero-order valence-corrected chi connectivity index (χ0v) is 22.3. The predicted octanol–water partition coefficient (Wildman–Crippen LogP) is 6.93. The number of fused-ring (bicyclic) bond motifs is 4. The van der Waals surface area contributed by atoms with E-state index in [9.17, 15) is 14.4 Å². The Kier molecular flexibility index (Phi) is 6.10. The molecule has 188 valence electrons.